The molecule has 0 amide bonds. The minimum Gasteiger partial charge on any atom is -0.378 e. The van der Waals surface area contributed by atoms with Gasteiger partial charge in [-0.25, -0.2) is 0 Å². The van der Waals surface area contributed by atoms with Gasteiger partial charge in [-0.15, -0.1) is 22.9 Å². The van der Waals surface area contributed by atoms with Crippen molar-refractivity contribution < 1.29 is 4.74 Å². The fourth-order valence-corrected chi connectivity index (χ4v) is 3.51. The molecule has 1 aliphatic carbocycles. The zero-order chi connectivity index (χ0) is 10.9. The summed E-state index contributed by atoms with van der Waals surface area (Å²) in [6.07, 6.45) is 4.40. The Morgan fingerprint density at radius 2 is 2.27 bits per heavy atom. The number of rotatable bonds is 4. The number of thiophene rings is 1. The van der Waals surface area contributed by atoms with E-state index in [-0.39, 0.29) is 11.0 Å². The van der Waals surface area contributed by atoms with Gasteiger partial charge in [-0.2, -0.15) is 0 Å². The Kier molecular flexibility index (Phi) is 3.61. The van der Waals surface area contributed by atoms with E-state index in [4.69, 9.17) is 27.9 Å². The smallest absolute Gasteiger partial charge is 0.0931 e. The standard InChI is InChI=1S/C11H14Cl2OS/c1-14-11(5-2-6-11)7-8(12)9-3-4-10(13)15-9/h3-4,8H,2,5-7H2,1H3. The second-order valence-corrected chi connectivity index (χ2v) is 6.33. The average Bonchev–Trinajstić information content (AvgIpc) is 2.58. The molecule has 0 aliphatic heterocycles. The summed E-state index contributed by atoms with van der Waals surface area (Å²) < 4.78 is 6.36. The minimum absolute atomic E-state index is 0.0303. The lowest BCUT2D eigenvalue weighted by Crippen LogP contribution is -2.39. The highest BCUT2D eigenvalue weighted by molar-refractivity contribution is 7.16. The molecule has 1 heterocycles. The molecular weight excluding hydrogens is 251 g/mol. The lowest BCUT2D eigenvalue weighted by atomic mass is 9.76. The zero-order valence-corrected chi connectivity index (χ0v) is 11.0. The fourth-order valence-electron chi connectivity index (χ4n) is 1.99. The summed E-state index contributed by atoms with van der Waals surface area (Å²) in [5.74, 6) is 0. The Morgan fingerprint density at radius 1 is 1.53 bits per heavy atom. The SMILES string of the molecule is COC1(CC(Cl)c2ccc(Cl)s2)CCC1. The van der Waals surface area contributed by atoms with Crippen LogP contribution in [0.3, 0.4) is 0 Å². The molecule has 0 saturated heterocycles. The van der Waals surface area contributed by atoms with E-state index in [2.05, 4.69) is 0 Å². The molecule has 15 heavy (non-hydrogen) atoms. The van der Waals surface area contributed by atoms with E-state index in [1.807, 2.05) is 12.1 Å². The summed E-state index contributed by atoms with van der Waals surface area (Å²) in [6, 6.07) is 3.91. The first-order valence-corrected chi connectivity index (χ1v) is 6.73. The number of hydrogen-bond donors (Lipinski definition) is 0. The van der Waals surface area contributed by atoms with Crippen LogP contribution in [0.4, 0.5) is 0 Å². The van der Waals surface area contributed by atoms with Crippen LogP contribution >= 0.6 is 34.5 Å². The molecule has 1 nitrogen and oxygen atoms in total. The fraction of sp³-hybridized carbons (Fsp3) is 0.636. The summed E-state index contributed by atoms with van der Waals surface area (Å²) in [7, 11) is 1.78. The van der Waals surface area contributed by atoms with E-state index in [0.29, 0.717) is 0 Å². The lowest BCUT2D eigenvalue weighted by molar-refractivity contribution is -0.0778. The van der Waals surface area contributed by atoms with Gasteiger partial charge in [-0.1, -0.05) is 11.6 Å². The van der Waals surface area contributed by atoms with Gasteiger partial charge in [0, 0.05) is 12.0 Å². The maximum absolute atomic E-state index is 6.37. The molecule has 0 spiro atoms. The summed E-state index contributed by atoms with van der Waals surface area (Å²) >= 11 is 13.8. The molecule has 2 rings (SSSR count). The van der Waals surface area contributed by atoms with Crippen LogP contribution in [-0.2, 0) is 4.74 Å². The number of methoxy groups -OCH3 is 1. The first kappa shape index (κ1) is 11.7. The van der Waals surface area contributed by atoms with E-state index >= 15 is 0 Å². The third-order valence-corrected chi connectivity index (χ3v) is 5.02. The van der Waals surface area contributed by atoms with Crippen molar-refractivity contribution >= 4 is 34.5 Å². The molecule has 1 fully saturated rings. The van der Waals surface area contributed by atoms with Gasteiger partial charge in [0.15, 0.2) is 0 Å². The first-order valence-electron chi connectivity index (χ1n) is 5.10. The predicted molar refractivity (Wildman–Crippen MR) is 66.1 cm³/mol. The Hall–Kier alpha value is 0.240. The van der Waals surface area contributed by atoms with Crippen molar-refractivity contribution in [3.8, 4) is 0 Å². The number of ether oxygens (including phenoxy) is 1. The van der Waals surface area contributed by atoms with Gasteiger partial charge >= 0.3 is 0 Å². The van der Waals surface area contributed by atoms with Gasteiger partial charge in [0.2, 0.25) is 0 Å². The number of hydrogen-bond acceptors (Lipinski definition) is 2. The molecule has 0 aromatic carbocycles. The maximum atomic E-state index is 6.37. The Bertz CT molecular complexity index is 328. The Morgan fingerprint density at radius 3 is 2.67 bits per heavy atom. The van der Waals surface area contributed by atoms with Crippen molar-refractivity contribution in [3.63, 3.8) is 0 Å². The highest BCUT2D eigenvalue weighted by Crippen LogP contribution is 2.45. The average molecular weight is 265 g/mol. The highest BCUT2D eigenvalue weighted by atomic mass is 35.5. The van der Waals surface area contributed by atoms with Crippen LogP contribution < -0.4 is 0 Å². The second-order valence-electron chi connectivity index (χ2n) is 4.05. The molecule has 0 N–H and O–H groups in total. The van der Waals surface area contributed by atoms with Gasteiger partial charge in [-0.3, -0.25) is 0 Å². The molecule has 1 aromatic heterocycles. The quantitative estimate of drug-likeness (QED) is 0.720. The van der Waals surface area contributed by atoms with Crippen LogP contribution in [0.15, 0.2) is 12.1 Å². The normalized spacial score (nSPS) is 21.0. The van der Waals surface area contributed by atoms with E-state index in [1.165, 1.54) is 6.42 Å². The molecule has 1 aromatic rings. The van der Waals surface area contributed by atoms with Crippen molar-refractivity contribution in [2.45, 2.75) is 36.7 Å². The summed E-state index contributed by atoms with van der Waals surface area (Å²) in [4.78, 5) is 1.14. The van der Waals surface area contributed by atoms with Crippen LogP contribution in [0, 0.1) is 0 Å². The van der Waals surface area contributed by atoms with Crippen LogP contribution in [-0.4, -0.2) is 12.7 Å². The molecule has 84 valence electrons. The third kappa shape index (κ3) is 2.50. The van der Waals surface area contributed by atoms with Gasteiger partial charge in [-0.05, 0) is 37.8 Å². The Balaban J connectivity index is 1.99. The van der Waals surface area contributed by atoms with Gasteiger partial charge in [0.05, 0.1) is 15.3 Å². The van der Waals surface area contributed by atoms with Crippen molar-refractivity contribution in [1.82, 2.24) is 0 Å². The molecule has 1 atom stereocenters. The van der Waals surface area contributed by atoms with Crippen LogP contribution in [0.2, 0.25) is 4.34 Å². The van der Waals surface area contributed by atoms with Crippen molar-refractivity contribution in [1.29, 1.82) is 0 Å². The van der Waals surface area contributed by atoms with Crippen molar-refractivity contribution in [2.75, 3.05) is 7.11 Å². The monoisotopic (exact) mass is 264 g/mol. The summed E-state index contributed by atoms with van der Waals surface area (Å²) in [5, 5.41) is 0.0303. The first-order chi connectivity index (χ1) is 7.15. The molecule has 0 bridgehead atoms. The molecular formula is C11H14Cl2OS. The van der Waals surface area contributed by atoms with Crippen LogP contribution in [0.1, 0.15) is 35.9 Å². The highest BCUT2D eigenvalue weighted by Gasteiger charge is 2.39. The van der Waals surface area contributed by atoms with E-state index in [0.717, 1.165) is 28.5 Å². The lowest BCUT2D eigenvalue weighted by Gasteiger charge is -2.41. The van der Waals surface area contributed by atoms with Gasteiger partial charge in [0.25, 0.3) is 0 Å². The van der Waals surface area contributed by atoms with Crippen molar-refractivity contribution in [2.24, 2.45) is 0 Å². The molecule has 0 radical (unpaired) electrons. The number of alkyl halides is 1. The molecule has 1 aliphatic rings. The second kappa shape index (κ2) is 4.62. The van der Waals surface area contributed by atoms with Crippen LogP contribution in [0.25, 0.3) is 0 Å². The number of halogens is 2. The molecule has 1 unspecified atom stereocenters. The van der Waals surface area contributed by atoms with Gasteiger partial charge < -0.3 is 4.74 Å². The topological polar surface area (TPSA) is 9.23 Å². The van der Waals surface area contributed by atoms with Crippen LogP contribution in [0.5, 0.6) is 0 Å². The Labute approximate surface area is 104 Å². The third-order valence-electron chi connectivity index (χ3n) is 3.15. The maximum Gasteiger partial charge on any atom is 0.0931 e. The summed E-state index contributed by atoms with van der Waals surface area (Å²) in [6.45, 7) is 0. The summed E-state index contributed by atoms with van der Waals surface area (Å²) in [5.41, 5.74) is 0.0306. The van der Waals surface area contributed by atoms with E-state index in [1.54, 1.807) is 18.4 Å². The molecule has 1 saturated carbocycles. The van der Waals surface area contributed by atoms with Gasteiger partial charge in [0.1, 0.15) is 0 Å². The van der Waals surface area contributed by atoms with E-state index in [9.17, 15) is 0 Å². The van der Waals surface area contributed by atoms with Crippen molar-refractivity contribution in [3.05, 3.63) is 21.3 Å². The predicted octanol–water partition coefficient (Wildman–Crippen LogP) is 4.64. The zero-order valence-electron chi connectivity index (χ0n) is 8.63. The minimum atomic E-state index is 0.0303. The molecule has 4 heteroatoms. The van der Waals surface area contributed by atoms with E-state index < -0.39 is 0 Å². The largest absolute Gasteiger partial charge is 0.378 e.